The van der Waals surface area contributed by atoms with Crippen molar-refractivity contribution in [3.63, 3.8) is 0 Å². The molecule has 2 nitrogen and oxygen atoms in total. The Balaban J connectivity index is 2.64. The highest BCUT2D eigenvalue weighted by molar-refractivity contribution is 9.10. The summed E-state index contributed by atoms with van der Waals surface area (Å²) in [6, 6.07) is 5.95. The SMILES string of the molecule is CCCCn1cc(Br)c2cc(C)ccc2c1=O. The van der Waals surface area contributed by atoms with Crippen LogP contribution in [0.1, 0.15) is 25.3 Å². The predicted molar refractivity (Wildman–Crippen MR) is 75.6 cm³/mol. The minimum atomic E-state index is 0.108. The van der Waals surface area contributed by atoms with Crippen molar-refractivity contribution in [2.75, 3.05) is 0 Å². The fraction of sp³-hybridized carbons (Fsp3) is 0.357. The molecule has 2 aromatic rings. The summed E-state index contributed by atoms with van der Waals surface area (Å²) in [6.45, 7) is 4.96. The lowest BCUT2D eigenvalue weighted by molar-refractivity contribution is 0.616. The Morgan fingerprint density at radius 2 is 2.06 bits per heavy atom. The average Bonchev–Trinajstić information content (AvgIpc) is 2.32. The smallest absolute Gasteiger partial charge is 0.258 e. The first-order valence-corrected chi connectivity index (χ1v) is 6.72. The molecule has 1 aromatic heterocycles. The summed E-state index contributed by atoms with van der Waals surface area (Å²) in [4.78, 5) is 12.2. The minimum absolute atomic E-state index is 0.108. The van der Waals surface area contributed by atoms with E-state index in [9.17, 15) is 4.79 Å². The molecule has 90 valence electrons. The molecule has 0 aliphatic heterocycles. The largest absolute Gasteiger partial charge is 0.314 e. The summed E-state index contributed by atoms with van der Waals surface area (Å²) in [5, 5.41) is 1.80. The fourth-order valence-electron chi connectivity index (χ4n) is 1.96. The van der Waals surface area contributed by atoms with Gasteiger partial charge in [-0.2, -0.15) is 0 Å². The van der Waals surface area contributed by atoms with E-state index in [0.29, 0.717) is 0 Å². The van der Waals surface area contributed by atoms with Gasteiger partial charge >= 0.3 is 0 Å². The average molecular weight is 294 g/mol. The molecule has 3 heteroatoms. The second-order valence-electron chi connectivity index (χ2n) is 4.38. The van der Waals surface area contributed by atoms with Gasteiger partial charge in [0.2, 0.25) is 0 Å². The quantitative estimate of drug-likeness (QED) is 0.842. The van der Waals surface area contributed by atoms with Gasteiger partial charge in [0, 0.05) is 28.0 Å². The molecule has 2 rings (SSSR count). The van der Waals surface area contributed by atoms with Crippen LogP contribution in [0.5, 0.6) is 0 Å². The van der Waals surface area contributed by atoms with Gasteiger partial charge in [-0.15, -0.1) is 0 Å². The number of aryl methyl sites for hydroxylation is 2. The Morgan fingerprint density at radius 3 is 2.76 bits per heavy atom. The summed E-state index contributed by atoms with van der Waals surface area (Å²) >= 11 is 3.55. The molecule has 0 saturated heterocycles. The number of aromatic nitrogens is 1. The van der Waals surface area contributed by atoms with E-state index in [1.807, 2.05) is 31.3 Å². The first-order chi connectivity index (χ1) is 8.13. The Labute approximate surface area is 109 Å². The van der Waals surface area contributed by atoms with Gasteiger partial charge in [-0.1, -0.05) is 31.0 Å². The number of benzene rings is 1. The zero-order chi connectivity index (χ0) is 12.4. The predicted octanol–water partition coefficient (Wildman–Crippen LogP) is 3.87. The third-order valence-electron chi connectivity index (χ3n) is 2.95. The molecule has 0 bridgehead atoms. The van der Waals surface area contributed by atoms with Crippen LogP contribution in [0.2, 0.25) is 0 Å². The van der Waals surface area contributed by atoms with Gasteiger partial charge in [-0.05, 0) is 35.3 Å². The number of fused-ring (bicyclic) bond motifs is 1. The monoisotopic (exact) mass is 293 g/mol. The number of hydrogen-bond acceptors (Lipinski definition) is 1. The molecule has 17 heavy (non-hydrogen) atoms. The maximum atomic E-state index is 12.2. The lowest BCUT2D eigenvalue weighted by Crippen LogP contribution is -2.20. The molecule has 0 spiro atoms. The molecular formula is C14H16BrNO. The third-order valence-corrected chi connectivity index (χ3v) is 3.58. The van der Waals surface area contributed by atoms with Gasteiger partial charge < -0.3 is 4.57 Å². The highest BCUT2D eigenvalue weighted by Gasteiger charge is 2.06. The van der Waals surface area contributed by atoms with Crippen LogP contribution >= 0.6 is 15.9 Å². The van der Waals surface area contributed by atoms with Crippen LogP contribution in [0.3, 0.4) is 0 Å². The van der Waals surface area contributed by atoms with E-state index in [2.05, 4.69) is 22.9 Å². The van der Waals surface area contributed by atoms with Crippen LogP contribution in [-0.4, -0.2) is 4.57 Å². The van der Waals surface area contributed by atoms with Crippen LogP contribution in [0, 0.1) is 6.92 Å². The van der Waals surface area contributed by atoms with Crippen LogP contribution in [0.25, 0.3) is 10.8 Å². The van der Waals surface area contributed by atoms with Gasteiger partial charge in [-0.3, -0.25) is 4.79 Å². The molecular weight excluding hydrogens is 278 g/mol. The number of rotatable bonds is 3. The first-order valence-electron chi connectivity index (χ1n) is 5.92. The maximum absolute atomic E-state index is 12.2. The highest BCUT2D eigenvalue weighted by atomic mass is 79.9. The standard InChI is InChI=1S/C14H16BrNO/c1-3-4-7-16-9-13(15)12-8-10(2)5-6-11(12)14(16)17/h5-6,8-9H,3-4,7H2,1-2H3. The Kier molecular flexibility index (Phi) is 3.67. The molecule has 0 saturated carbocycles. The molecule has 0 amide bonds. The van der Waals surface area contributed by atoms with E-state index in [4.69, 9.17) is 0 Å². The molecule has 0 aliphatic carbocycles. The molecule has 0 atom stereocenters. The minimum Gasteiger partial charge on any atom is -0.314 e. The van der Waals surface area contributed by atoms with Gasteiger partial charge in [0.25, 0.3) is 5.56 Å². The topological polar surface area (TPSA) is 22.0 Å². The maximum Gasteiger partial charge on any atom is 0.258 e. The zero-order valence-corrected chi connectivity index (χ0v) is 11.8. The van der Waals surface area contributed by atoms with E-state index in [1.54, 1.807) is 4.57 Å². The molecule has 1 aromatic carbocycles. The number of hydrogen-bond donors (Lipinski definition) is 0. The van der Waals surface area contributed by atoms with E-state index < -0.39 is 0 Å². The third kappa shape index (κ3) is 2.44. The van der Waals surface area contributed by atoms with Crippen LogP contribution in [-0.2, 0) is 6.54 Å². The Bertz CT molecular complexity index is 601. The molecule has 1 heterocycles. The number of nitrogens with zero attached hydrogens (tertiary/aromatic N) is 1. The number of unbranched alkanes of at least 4 members (excludes halogenated alkanes) is 1. The van der Waals surface area contributed by atoms with E-state index in [-0.39, 0.29) is 5.56 Å². The van der Waals surface area contributed by atoms with E-state index >= 15 is 0 Å². The van der Waals surface area contributed by atoms with Crippen molar-refractivity contribution in [2.24, 2.45) is 0 Å². The molecule has 0 aliphatic rings. The van der Waals surface area contributed by atoms with E-state index in [1.165, 1.54) is 5.56 Å². The van der Waals surface area contributed by atoms with Crippen LogP contribution in [0.15, 0.2) is 33.7 Å². The fourth-order valence-corrected chi connectivity index (χ4v) is 2.53. The van der Waals surface area contributed by atoms with Crippen molar-refractivity contribution in [2.45, 2.75) is 33.2 Å². The molecule has 0 fully saturated rings. The summed E-state index contributed by atoms with van der Waals surface area (Å²) < 4.78 is 2.79. The Hall–Kier alpha value is -1.09. The first kappa shape index (κ1) is 12.4. The van der Waals surface area contributed by atoms with Gasteiger partial charge in [0.1, 0.15) is 0 Å². The van der Waals surface area contributed by atoms with Crippen molar-refractivity contribution in [3.8, 4) is 0 Å². The van der Waals surface area contributed by atoms with Crippen molar-refractivity contribution in [1.29, 1.82) is 0 Å². The van der Waals surface area contributed by atoms with Gasteiger partial charge in [-0.25, -0.2) is 0 Å². The second-order valence-corrected chi connectivity index (χ2v) is 5.23. The normalized spacial score (nSPS) is 11.0. The second kappa shape index (κ2) is 5.05. The Morgan fingerprint density at radius 1 is 1.29 bits per heavy atom. The summed E-state index contributed by atoms with van der Waals surface area (Å²) in [6.07, 6.45) is 4.03. The zero-order valence-electron chi connectivity index (χ0n) is 10.2. The van der Waals surface area contributed by atoms with Crippen LogP contribution < -0.4 is 5.56 Å². The summed E-state index contributed by atoms with van der Waals surface area (Å²) in [5.41, 5.74) is 1.28. The molecule has 0 radical (unpaired) electrons. The number of pyridine rings is 1. The van der Waals surface area contributed by atoms with Gasteiger partial charge in [0.15, 0.2) is 0 Å². The van der Waals surface area contributed by atoms with E-state index in [0.717, 1.165) is 34.6 Å². The lowest BCUT2D eigenvalue weighted by Gasteiger charge is -2.09. The van der Waals surface area contributed by atoms with Crippen molar-refractivity contribution in [3.05, 3.63) is 44.8 Å². The van der Waals surface area contributed by atoms with Crippen molar-refractivity contribution >= 4 is 26.7 Å². The highest BCUT2D eigenvalue weighted by Crippen LogP contribution is 2.22. The lowest BCUT2D eigenvalue weighted by atomic mass is 10.1. The van der Waals surface area contributed by atoms with Crippen molar-refractivity contribution in [1.82, 2.24) is 4.57 Å². The molecule has 0 N–H and O–H groups in total. The van der Waals surface area contributed by atoms with Crippen molar-refractivity contribution < 1.29 is 0 Å². The summed E-state index contributed by atoms with van der Waals surface area (Å²) in [5.74, 6) is 0. The van der Waals surface area contributed by atoms with Crippen LogP contribution in [0.4, 0.5) is 0 Å². The number of halogens is 1. The van der Waals surface area contributed by atoms with Gasteiger partial charge in [0.05, 0.1) is 0 Å². The summed E-state index contributed by atoms with van der Waals surface area (Å²) in [7, 11) is 0. The molecule has 0 unspecified atom stereocenters.